The summed E-state index contributed by atoms with van der Waals surface area (Å²) in [6.07, 6.45) is 15.2. The summed E-state index contributed by atoms with van der Waals surface area (Å²) in [5, 5.41) is 11.7. The molecule has 0 radical (unpaired) electrons. The monoisotopic (exact) mass is 345 g/mol. The Morgan fingerprint density at radius 2 is 1.48 bits per heavy atom. The van der Waals surface area contributed by atoms with Crippen LogP contribution in [0, 0.1) is 0 Å². The number of carboxylic acid groups (broad SMARTS) is 1. The average molecular weight is 346 g/mol. The molecule has 4 nitrogen and oxygen atoms in total. The molecule has 0 saturated carbocycles. The molecular formula is C18H35NO3S. The van der Waals surface area contributed by atoms with E-state index in [-0.39, 0.29) is 5.91 Å². The first-order chi connectivity index (χ1) is 11.1. The lowest BCUT2D eigenvalue weighted by Crippen LogP contribution is -2.41. The third-order valence-corrected chi connectivity index (χ3v) is 4.65. The van der Waals surface area contributed by atoms with Gasteiger partial charge in [-0.3, -0.25) is 4.79 Å². The lowest BCUT2D eigenvalue weighted by atomic mass is 10.1. The molecule has 0 aliphatic heterocycles. The lowest BCUT2D eigenvalue weighted by Gasteiger charge is -2.13. The van der Waals surface area contributed by atoms with Gasteiger partial charge in [-0.25, -0.2) is 4.79 Å². The first kappa shape index (κ1) is 22.3. The van der Waals surface area contributed by atoms with Crippen LogP contribution < -0.4 is 5.32 Å². The van der Waals surface area contributed by atoms with Gasteiger partial charge in [0.1, 0.15) is 6.04 Å². The van der Waals surface area contributed by atoms with Crippen LogP contribution in [0.15, 0.2) is 0 Å². The summed E-state index contributed by atoms with van der Waals surface area (Å²) in [5.41, 5.74) is 0. The van der Waals surface area contributed by atoms with Crippen molar-refractivity contribution >= 4 is 23.6 Å². The molecule has 0 unspecified atom stereocenters. The van der Waals surface area contributed by atoms with E-state index in [0.717, 1.165) is 18.6 Å². The summed E-state index contributed by atoms with van der Waals surface area (Å²) >= 11 is 1.59. The number of nitrogens with one attached hydrogen (secondary N) is 1. The second-order valence-electron chi connectivity index (χ2n) is 6.17. The van der Waals surface area contributed by atoms with E-state index in [1.165, 1.54) is 51.4 Å². The Hall–Kier alpha value is -0.710. The molecule has 0 heterocycles. The van der Waals surface area contributed by atoms with Gasteiger partial charge in [-0.1, -0.05) is 64.7 Å². The van der Waals surface area contributed by atoms with Crippen molar-refractivity contribution in [2.45, 2.75) is 90.0 Å². The molecule has 0 spiro atoms. The topological polar surface area (TPSA) is 66.4 Å². The summed E-state index contributed by atoms with van der Waals surface area (Å²) in [4.78, 5) is 22.8. The smallest absolute Gasteiger partial charge is 0.326 e. The predicted octanol–water partition coefficient (Wildman–Crippen LogP) is 4.62. The van der Waals surface area contributed by atoms with Gasteiger partial charge in [-0.05, 0) is 24.9 Å². The highest BCUT2D eigenvalue weighted by molar-refractivity contribution is 7.98. The fourth-order valence-electron chi connectivity index (χ4n) is 2.53. The maximum absolute atomic E-state index is 11.8. The van der Waals surface area contributed by atoms with Crippen LogP contribution >= 0.6 is 11.8 Å². The molecule has 0 aromatic carbocycles. The number of aliphatic carboxylic acids is 1. The van der Waals surface area contributed by atoms with Crippen LogP contribution in [0.25, 0.3) is 0 Å². The Bertz CT molecular complexity index is 311. The number of carboxylic acids is 1. The molecule has 1 amide bonds. The van der Waals surface area contributed by atoms with Gasteiger partial charge in [0.15, 0.2) is 0 Å². The lowest BCUT2D eigenvalue weighted by molar-refractivity contribution is -0.141. The van der Waals surface area contributed by atoms with Crippen molar-refractivity contribution in [2.24, 2.45) is 0 Å². The van der Waals surface area contributed by atoms with E-state index >= 15 is 0 Å². The zero-order valence-corrected chi connectivity index (χ0v) is 15.8. The summed E-state index contributed by atoms with van der Waals surface area (Å²) < 4.78 is 0. The molecule has 0 aliphatic carbocycles. The summed E-state index contributed by atoms with van der Waals surface area (Å²) in [6.45, 7) is 2.23. The number of unbranched alkanes of at least 4 members (excludes halogenated alkanes) is 9. The van der Waals surface area contributed by atoms with Gasteiger partial charge in [0.05, 0.1) is 0 Å². The van der Waals surface area contributed by atoms with E-state index < -0.39 is 12.0 Å². The van der Waals surface area contributed by atoms with E-state index in [1.807, 2.05) is 6.26 Å². The van der Waals surface area contributed by atoms with Gasteiger partial charge >= 0.3 is 5.97 Å². The van der Waals surface area contributed by atoms with Gasteiger partial charge in [0.25, 0.3) is 0 Å². The molecule has 0 aliphatic rings. The van der Waals surface area contributed by atoms with Crippen molar-refractivity contribution in [3.8, 4) is 0 Å². The minimum atomic E-state index is -0.935. The molecule has 2 N–H and O–H groups in total. The van der Waals surface area contributed by atoms with Gasteiger partial charge in [0, 0.05) is 6.42 Å². The number of carbonyl (C=O) groups is 2. The molecule has 1 atom stereocenters. The van der Waals surface area contributed by atoms with Crippen molar-refractivity contribution in [3.05, 3.63) is 0 Å². The van der Waals surface area contributed by atoms with E-state index in [2.05, 4.69) is 12.2 Å². The molecule has 136 valence electrons. The standard InChI is InChI=1S/C18H35NO3S/c1-3-4-5-6-7-8-9-10-11-12-13-17(20)19-16(18(21)22)14-15-23-2/h16H,3-15H2,1-2H3,(H,19,20)(H,21,22)/t16-/m0/s1. The maximum atomic E-state index is 11.8. The van der Waals surface area contributed by atoms with Gasteiger partial charge in [0.2, 0.25) is 5.91 Å². The van der Waals surface area contributed by atoms with E-state index in [1.54, 1.807) is 11.8 Å². The second-order valence-corrected chi connectivity index (χ2v) is 7.16. The van der Waals surface area contributed by atoms with Gasteiger partial charge < -0.3 is 10.4 Å². The van der Waals surface area contributed by atoms with Crippen molar-refractivity contribution in [3.63, 3.8) is 0 Å². The van der Waals surface area contributed by atoms with Crippen molar-refractivity contribution < 1.29 is 14.7 Å². The quantitative estimate of drug-likeness (QED) is 0.401. The van der Waals surface area contributed by atoms with Crippen LogP contribution in [0.3, 0.4) is 0 Å². The number of rotatable bonds is 16. The molecule has 23 heavy (non-hydrogen) atoms. The molecule has 0 fully saturated rings. The highest BCUT2D eigenvalue weighted by Gasteiger charge is 2.18. The first-order valence-electron chi connectivity index (χ1n) is 9.13. The Kier molecular flexibility index (Phi) is 15.7. The third kappa shape index (κ3) is 14.6. The van der Waals surface area contributed by atoms with Crippen LogP contribution in [0.4, 0.5) is 0 Å². The van der Waals surface area contributed by atoms with Crippen molar-refractivity contribution in [1.82, 2.24) is 5.32 Å². The highest BCUT2D eigenvalue weighted by Crippen LogP contribution is 2.11. The second kappa shape index (κ2) is 16.2. The number of hydrogen-bond acceptors (Lipinski definition) is 3. The Balaban J connectivity index is 3.53. The third-order valence-electron chi connectivity index (χ3n) is 4.00. The minimum absolute atomic E-state index is 0.127. The molecule has 0 bridgehead atoms. The SMILES string of the molecule is CCCCCCCCCCCCC(=O)N[C@@H](CCSC)C(=O)O. The number of amides is 1. The molecule has 0 aromatic heterocycles. The van der Waals surface area contributed by atoms with Crippen LogP contribution in [0.1, 0.15) is 84.0 Å². The molecule has 5 heteroatoms. The fraction of sp³-hybridized carbons (Fsp3) is 0.889. The van der Waals surface area contributed by atoms with Crippen LogP contribution in [-0.2, 0) is 9.59 Å². The zero-order chi connectivity index (χ0) is 17.3. The minimum Gasteiger partial charge on any atom is -0.480 e. The highest BCUT2D eigenvalue weighted by atomic mass is 32.2. The number of thioether (sulfide) groups is 1. The molecule has 0 saturated heterocycles. The normalized spacial score (nSPS) is 12.1. The first-order valence-corrected chi connectivity index (χ1v) is 10.5. The van der Waals surface area contributed by atoms with E-state index in [9.17, 15) is 9.59 Å². The van der Waals surface area contributed by atoms with Gasteiger partial charge in [-0.2, -0.15) is 11.8 Å². The average Bonchev–Trinajstić information content (AvgIpc) is 2.53. The molecule has 0 aromatic rings. The summed E-state index contributed by atoms with van der Waals surface area (Å²) in [5.74, 6) is -0.316. The maximum Gasteiger partial charge on any atom is 0.326 e. The Labute approximate surface area is 146 Å². The van der Waals surface area contributed by atoms with Crippen LogP contribution in [0.2, 0.25) is 0 Å². The van der Waals surface area contributed by atoms with E-state index in [0.29, 0.717) is 12.8 Å². The summed E-state index contributed by atoms with van der Waals surface area (Å²) in [7, 11) is 0. The number of carbonyl (C=O) groups excluding carboxylic acids is 1. The van der Waals surface area contributed by atoms with Crippen LogP contribution in [-0.4, -0.2) is 35.0 Å². The van der Waals surface area contributed by atoms with Crippen molar-refractivity contribution in [1.29, 1.82) is 0 Å². The number of hydrogen-bond donors (Lipinski definition) is 2. The van der Waals surface area contributed by atoms with Gasteiger partial charge in [-0.15, -0.1) is 0 Å². The predicted molar refractivity (Wildman–Crippen MR) is 99.0 cm³/mol. The molecular weight excluding hydrogens is 310 g/mol. The molecule has 0 rings (SSSR count). The zero-order valence-electron chi connectivity index (χ0n) is 14.9. The Morgan fingerprint density at radius 3 is 1.96 bits per heavy atom. The largest absolute Gasteiger partial charge is 0.480 e. The van der Waals surface area contributed by atoms with Crippen LogP contribution in [0.5, 0.6) is 0 Å². The fourth-order valence-corrected chi connectivity index (χ4v) is 3.00. The Morgan fingerprint density at radius 1 is 0.957 bits per heavy atom. The van der Waals surface area contributed by atoms with E-state index in [4.69, 9.17) is 5.11 Å². The van der Waals surface area contributed by atoms with Crippen molar-refractivity contribution in [2.75, 3.05) is 12.0 Å². The summed E-state index contributed by atoms with van der Waals surface area (Å²) in [6, 6.07) is -0.738.